The zero-order chi connectivity index (χ0) is 13.6. The molecule has 0 unspecified atom stereocenters. The summed E-state index contributed by atoms with van der Waals surface area (Å²) in [7, 11) is 0. The predicted octanol–water partition coefficient (Wildman–Crippen LogP) is 4.60. The van der Waals surface area contributed by atoms with Crippen molar-refractivity contribution in [1.82, 2.24) is 9.97 Å². The standard InChI is InChI=1S/C13H7ClF2N2S/c1-6-5-7-11(14)17-12(18-13(7)19-6)10-8(15)3-2-4-9(10)16/h2-5H,1H3. The van der Waals surface area contributed by atoms with E-state index in [1.165, 1.54) is 29.5 Å². The van der Waals surface area contributed by atoms with Crippen LogP contribution in [0.2, 0.25) is 5.15 Å². The lowest BCUT2D eigenvalue weighted by atomic mass is 10.2. The second-order valence-electron chi connectivity index (χ2n) is 4.01. The van der Waals surface area contributed by atoms with Crippen LogP contribution in [0, 0.1) is 18.6 Å². The summed E-state index contributed by atoms with van der Waals surface area (Å²) in [6.07, 6.45) is 0. The molecule has 0 bridgehead atoms. The number of aryl methyl sites for hydroxylation is 1. The van der Waals surface area contributed by atoms with Gasteiger partial charge < -0.3 is 0 Å². The summed E-state index contributed by atoms with van der Waals surface area (Å²) in [5.74, 6) is -1.44. The quantitative estimate of drug-likeness (QED) is 0.613. The molecule has 2 heterocycles. The zero-order valence-electron chi connectivity index (χ0n) is 9.75. The van der Waals surface area contributed by atoms with E-state index in [1.54, 1.807) is 0 Å². The number of fused-ring (bicyclic) bond motifs is 1. The van der Waals surface area contributed by atoms with Crippen LogP contribution in [-0.4, -0.2) is 9.97 Å². The van der Waals surface area contributed by atoms with Gasteiger partial charge in [-0.1, -0.05) is 17.7 Å². The smallest absolute Gasteiger partial charge is 0.168 e. The molecule has 0 N–H and O–H groups in total. The molecule has 6 heteroatoms. The molecule has 3 aromatic rings. The van der Waals surface area contributed by atoms with E-state index in [-0.39, 0.29) is 16.5 Å². The van der Waals surface area contributed by atoms with Crippen molar-refractivity contribution < 1.29 is 8.78 Å². The van der Waals surface area contributed by atoms with E-state index in [2.05, 4.69) is 9.97 Å². The Hall–Kier alpha value is -1.59. The monoisotopic (exact) mass is 296 g/mol. The highest BCUT2D eigenvalue weighted by Gasteiger charge is 2.17. The van der Waals surface area contributed by atoms with Crippen LogP contribution in [0.25, 0.3) is 21.6 Å². The summed E-state index contributed by atoms with van der Waals surface area (Å²) in [6, 6.07) is 5.48. The van der Waals surface area contributed by atoms with Gasteiger partial charge in [-0.15, -0.1) is 11.3 Å². The molecule has 2 nitrogen and oxygen atoms in total. The van der Waals surface area contributed by atoms with Crippen LogP contribution < -0.4 is 0 Å². The number of hydrogen-bond acceptors (Lipinski definition) is 3. The van der Waals surface area contributed by atoms with Crippen molar-refractivity contribution in [1.29, 1.82) is 0 Å². The maximum atomic E-state index is 13.7. The Labute approximate surface area is 116 Å². The third kappa shape index (κ3) is 2.09. The van der Waals surface area contributed by atoms with Gasteiger partial charge >= 0.3 is 0 Å². The number of rotatable bonds is 1. The Morgan fingerprint density at radius 2 is 1.84 bits per heavy atom. The van der Waals surface area contributed by atoms with Gasteiger partial charge in [0.05, 0.1) is 5.56 Å². The van der Waals surface area contributed by atoms with Crippen LogP contribution in [-0.2, 0) is 0 Å². The highest BCUT2D eigenvalue weighted by atomic mass is 35.5. The molecule has 0 aliphatic carbocycles. The lowest BCUT2D eigenvalue weighted by molar-refractivity contribution is 0.587. The van der Waals surface area contributed by atoms with Crippen LogP contribution in [0.1, 0.15) is 4.88 Å². The van der Waals surface area contributed by atoms with Crippen LogP contribution in [0.3, 0.4) is 0 Å². The van der Waals surface area contributed by atoms with E-state index >= 15 is 0 Å². The number of halogens is 3. The Morgan fingerprint density at radius 3 is 2.53 bits per heavy atom. The van der Waals surface area contributed by atoms with Gasteiger partial charge in [0.1, 0.15) is 21.6 Å². The van der Waals surface area contributed by atoms with Crippen LogP contribution in [0.4, 0.5) is 8.78 Å². The fraction of sp³-hybridized carbons (Fsp3) is 0.0769. The summed E-state index contributed by atoms with van der Waals surface area (Å²) >= 11 is 7.45. The molecule has 2 aromatic heterocycles. The van der Waals surface area contributed by atoms with E-state index in [0.717, 1.165) is 4.88 Å². The minimum absolute atomic E-state index is 0.0325. The molecule has 0 saturated carbocycles. The number of nitrogens with zero attached hydrogens (tertiary/aromatic N) is 2. The molecule has 0 saturated heterocycles. The Kier molecular flexibility index (Phi) is 2.95. The first-order valence-electron chi connectivity index (χ1n) is 5.44. The van der Waals surface area contributed by atoms with Gasteiger partial charge in [0.25, 0.3) is 0 Å². The molecule has 0 spiro atoms. The van der Waals surface area contributed by atoms with Crippen LogP contribution in [0.5, 0.6) is 0 Å². The minimum atomic E-state index is -0.705. The van der Waals surface area contributed by atoms with Gasteiger partial charge in [-0.05, 0) is 25.1 Å². The fourth-order valence-electron chi connectivity index (χ4n) is 1.83. The molecule has 19 heavy (non-hydrogen) atoms. The van der Waals surface area contributed by atoms with Gasteiger partial charge in [0, 0.05) is 10.3 Å². The molecule has 0 atom stereocenters. The van der Waals surface area contributed by atoms with Crippen molar-refractivity contribution in [2.45, 2.75) is 6.92 Å². The first-order valence-corrected chi connectivity index (χ1v) is 6.64. The minimum Gasteiger partial charge on any atom is -0.217 e. The number of aromatic nitrogens is 2. The summed E-state index contributed by atoms with van der Waals surface area (Å²) in [5, 5.41) is 0.900. The topological polar surface area (TPSA) is 25.8 Å². The summed E-state index contributed by atoms with van der Waals surface area (Å²) in [4.78, 5) is 9.81. The largest absolute Gasteiger partial charge is 0.217 e. The Morgan fingerprint density at radius 1 is 1.16 bits per heavy atom. The van der Waals surface area contributed by atoms with E-state index < -0.39 is 11.6 Å². The third-order valence-electron chi connectivity index (χ3n) is 2.66. The van der Waals surface area contributed by atoms with E-state index in [0.29, 0.717) is 10.2 Å². The van der Waals surface area contributed by atoms with Crippen molar-refractivity contribution in [2.75, 3.05) is 0 Å². The first-order chi connectivity index (χ1) is 9.06. The average Bonchev–Trinajstić information content (AvgIpc) is 2.70. The third-order valence-corrected chi connectivity index (χ3v) is 3.89. The molecule has 0 aliphatic heterocycles. The lowest BCUT2D eigenvalue weighted by Crippen LogP contribution is -1.96. The van der Waals surface area contributed by atoms with E-state index in [9.17, 15) is 8.78 Å². The Balaban J connectivity index is 2.31. The van der Waals surface area contributed by atoms with Gasteiger partial charge in [-0.25, -0.2) is 18.7 Å². The predicted molar refractivity (Wildman–Crippen MR) is 72.5 cm³/mol. The molecule has 0 amide bonds. The van der Waals surface area contributed by atoms with Crippen molar-refractivity contribution in [3.8, 4) is 11.4 Å². The van der Waals surface area contributed by atoms with E-state index in [4.69, 9.17) is 11.6 Å². The number of hydrogen-bond donors (Lipinski definition) is 0. The molecule has 96 valence electrons. The van der Waals surface area contributed by atoms with Gasteiger partial charge in [-0.3, -0.25) is 0 Å². The first kappa shape index (κ1) is 12.4. The highest BCUT2D eigenvalue weighted by Crippen LogP contribution is 2.32. The lowest BCUT2D eigenvalue weighted by Gasteiger charge is -2.04. The van der Waals surface area contributed by atoms with Gasteiger partial charge in [-0.2, -0.15) is 0 Å². The molecule has 0 fully saturated rings. The highest BCUT2D eigenvalue weighted by molar-refractivity contribution is 7.18. The summed E-state index contributed by atoms with van der Waals surface area (Å²) < 4.78 is 27.4. The molecular weight excluding hydrogens is 290 g/mol. The zero-order valence-corrected chi connectivity index (χ0v) is 11.3. The molecule has 1 aromatic carbocycles. The Bertz CT molecular complexity index is 765. The molecule has 0 radical (unpaired) electrons. The summed E-state index contributed by atoms with van der Waals surface area (Å²) in [6.45, 7) is 1.91. The van der Waals surface area contributed by atoms with Crippen molar-refractivity contribution in [3.63, 3.8) is 0 Å². The second-order valence-corrected chi connectivity index (χ2v) is 5.60. The van der Waals surface area contributed by atoms with Crippen LogP contribution in [0.15, 0.2) is 24.3 Å². The molecular formula is C13H7ClF2N2S. The normalized spacial score (nSPS) is 11.2. The summed E-state index contributed by atoms with van der Waals surface area (Å²) in [5.41, 5.74) is -0.252. The average molecular weight is 297 g/mol. The maximum Gasteiger partial charge on any atom is 0.168 e. The molecule has 0 aliphatic rings. The number of thiophene rings is 1. The number of benzene rings is 1. The van der Waals surface area contributed by atoms with Crippen LogP contribution >= 0.6 is 22.9 Å². The van der Waals surface area contributed by atoms with Gasteiger partial charge in [0.15, 0.2) is 5.82 Å². The SMILES string of the molecule is Cc1cc2c(Cl)nc(-c3c(F)cccc3F)nc2s1. The van der Waals surface area contributed by atoms with Gasteiger partial charge in [0.2, 0.25) is 0 Å². The van der Waals surface area contributed by atoms with Crippen molar-refractivity contribution in [3.05, 3.63) is 45.9 Å². The molecule has 3 rings (SSSR count). The van der Waals surface area contributed by atoms with E-state index in [1.807, 2.05) is 13.0 Å². The second kappa shape index (κ2) is 4.51. The maximum absolute atomic E-state index is 13.7. The fourth-order valence-corrected chi connectivity index (χ4v) is 2.99. The van der Waals surface area contributed by atoms with Crippen molar-refractivity contribution >= 4 is 33.2 Å². The van der Waals surface area contributed by atoms with Crippen molar-refractivity contribution in [2.24, 2.45) is 0 Å².